The van der Waals surface area contributed by atoms with Gasteiger partial charge in [-0.1, -0.05) is 17.7 Å². The molecule has 1 aromatic carbocycles. The normalized spacial score (nSPS) is 19.4. The summed E-state index contributed by atoms with van der Waals surface area (Å²) >= 11 is 5.89. The SMILES string of the molecule is Cc1cc(Cl)ccc1CC(=O)COC1CCCCO1. The molecule has 1 heterocycles. The summed E-state index contributed by atoms with van der Waals surface area (Å²) in [6.45, 7) is 2.81. The molecule has 0 spiro atoms. The van der Waals surface area contributed by atoms with Crippen LogP contribution >= 0.6 is 11.6 Å². The van der Waals surface area contributed by atoms with Gasteiger partial charge in [0.2, 0.25) is 0 Å². The average molecular weight is 283 g/mol. The van der Waals surface area contributed by atoms with E-state index in [1.807, 2.05) is 25.1 Å². The number of rotatable bonds is 5. The first kappa shape index (κ1) is 14.5. The first-order valence-corrected chi connectivity index (χ1v) is 7.03. The topological polar surface area (TPSA) is 35.5 Å². The number of carbonyl (C=O) groups is 1. The van der Waals surface area contributed by atoms with E-state index in [9.17, 15) is 4.79 Å². The van der Waals surface area contributed by atoms with Crippen LogP contribution in [0.2, 0.25) is 5.02 Å². The predicted molar refractivity (Wildman–Crippen MR) is 74.4 cm³/mol. The van der Waals surface area contributed by atoms with E-state index in [1.54, 1.807) is 0 Å². The third-order valence-corrected chi connectivity index (χ3v) is 3.50. The fourth-order valence-electron chi connectivity index (χ4n) is 2.15. The summed E-state index contributed by atoms with van der Waals surface area (Å²) in [6, 6.07) is 5.57. The van der Waals surface area contributed by atoms with E-state index in [-0.39, 0.29) is 18.7 Å². The number of ketones is 1. The molecule has 0 aliphatic carbocycles. The molecule has 1 aliphatic heterocycles. The van der Waals surface area contributed by atoms with Crippen LogP contribution in [-0.2, 0) is 20.7 Å². The highest BCUT2D eigenvalue weighted by atomic mass is 35.5. The molecule has 1 fully saturated rings. The number of hydrogen-bond acceptors (Lipinski definition) is 3. The molecule has 1 saturated heterocycles. The van der Waals surface area contributed by atoms with Crippen molar-refractivity contribution in [3.8, 4) is 0 Å². The highest BCUT2D eigenvalue weighted by molar-refractivity contribution is 6.30. The molecule has 1 unspecified atom stereocenters. The second-order valence-corrected chi connectivity index (χ2v) is 5.33. The Kier molecular flexibility index (Phi) is 5.37. The average Bonchev–Trinajstić information content (AvgIpc) is 2.41. The molecule has 1 aliphatic rings. The molecule has 0 amide bonds. The van der Waals surface area contributed by atoms with Gasteiger partial charge in [0.15, 0.2) is 12.1 Å². The first-order valence-electron chi connectivity index (χ1n) is 6.65. The lowest BCUT2D eigenvalue weighted by Crippen LogP contribution is -2.25. The van der Waals surface area contributed by atoms with E-state index in [2.05, 4.69) is 0 Å². The number of ether oxygens (including phenoxy) is 2. The number of carbonyl (C=O) groups excluding carboxylic acids is 1. The molecular formula is C15H19ClO3. The van der Waals surface area contributed by atoms with E-state index in [1.165, 1.54) is 0 Å². The zero-order valence-electron chi connectivity index (χ0n) is 11.2. The number of Topliss-reactive ketones (excluding diaryl/α,β-unsaturated/α-hetero) is 1. The quantitative estimate of drug-likeness (QED) is 0.831. The Balaban J connectivity index is 1.80. The third kappa shape index (κ3) is 4.60. The minimum absolute atomic E-state index is 0.0691. The van der Waals surface area contributed by atoms with E-state index in [0.717, 1.165) is 37.0 Å². The molecule has 2 rings (SSSR count). The highest BCUT2D eigenvalue weighted by Gasteiger charge is 2.16. The lowest BCUT2D eigenvalue weighted by atomic mass is 10.0. The van der Waals surface area contributed by atoms with Crippen LogP contribution in [0.3, 0.4) is 0 Å². The van der Waals surface area contributed by atoms with Crippen LogP contribution in [0.25, 0.3) is 0 Å². The van der Waals surface area contributed by atoms with Gasteiger partial charge in [-0.05, 0) is 49.4 Å². The van der Waals surface area contributed by atoms with Crippen molar-refractivity contribution < 1.29 is 14.3 Å². The Bertz CT molecular complexity index is 439. The zero-order valence-corrected chi connectivity index (χ0v) is 11.9. The van der Waals surface area contributed by atoms with Crippen molar-refractivity contribution in [3.63, 3.8) is 0 Å². The minimum atomic E-state index is -0.205. The monoisotopic (exact) mass is 282 g/mol. The molecule has 4 heteroatoms. The molecule has 104 valence electrons. The maximum absolute atomic E-state index is 11.9. The molecule has 1 aromatic rings. The highest BCUT2D eigenvalue weighted by Crippen LogP contribution is 2.17. The third-order valence-electron chi connectivity index (χ3n) is 3.26. The number of benzene rings is 1. The summed E-state index contributed by atoms with van der Waals surface area (Å²) < 4.78 is 10.9. The van der Waals surface area contributed by atoms with Crippen molar-refractivity contribution in [2.75, 3.05) is 13.2 Å². The van der Waals surface area contributed by atoms with Gasteiger partial charge >= 0.3 is 0 Å². The largest absolute Gasteiger partial charge is 0.353 e. The van der Waals surface area contributed by atoms with Crippen molar-refractivity contribution in [2.24, 2.45) is 0 Å². The van der Waals surface area contributed by atoms with Crippen molar-refractivity contribution in [3.05, 3.63) is 34.3 Å². The second-order valence-electron chi connectivity index (χ2n) is 4.89. The van der Waals surface area contributed by atoms with Crippen LogP contribution in [0.1, 0.15) is 30.4 Å². The Morgan fingerprint density at radius 2 is 2.32 bits per heavy atom. The Labute approximate surface area is 118 Å². The molecule has 0 aromatic heterocycles. The van der Waals surface area contributed by atoms with Crippen molar-refractivity contribution in [2.45, 2.75) is 38.9 Å². The lowest BCUT2D eigenvalue weighted by Gasteiger charge is -2.22. The molecule has 0 radical (unpaired) electrons. The van der Waals surface area contributed by atoms with E-state index < -0.39 is 0 Å². The number of halogens is 1. The maximum Gasteiger partial charge on any atom is 0.162 e. The standard InChI is InChI=1S/C15H19ClO3/c1-11-8-13(16)6-5-12(11)9-14(17)10-19-15-4-2-3-7-18-15/h5-6,8,15H,2-4,7,9-10H2,1H3. The van der Waals surface area contributed by atoms with Gasteiger partial charge in [0.05, 0.1) is 0 Å². The Hall–Kier alpha value is -0.900. The summed E-state index contributed by atoms with van der Waals surface area (Å²) in [6.07, 6.45) is 3.25. The molecular weight excluding hydrogens is 264 g/mol. The van der Waals surface area contributed by atoms with Gasteiger partial charge in [-0.3, -0.25) is 4.79 Å². The molecule has 0 N–H and O–H groups in total. The fraction of sp³-hybridized carbons (Fsp3) is 0.533. The Morgan fingerprint density at radius 3 is 3.00 bits per heavy atom. The summed E-state index contributed by atoms with van der Waals surface area (Å²) in [5.74, 6) is 0.0691. The summed E-state index contributed by atoms with van der Waals surface area (Å²) in [4.78, 5) is 11.9. The van der Waals surface area contributed by atoms with Crippen LogP contribution in [0.5, 0.6) is 0 Å². The smallest absolute Gasteiger partial charge is 0.162 e. The van der Waals surface area contributed by atoms with Crippen LogP contribution in [0.4, 0.5) is 0 Å². The predicted octanol–water partition coefficient (Wildman–Crippen LogP) is 3.30. The van der Waals surface area contributed by atoms with Gasteiger partial charge in [0.1, 0.15) is 6.61 Å². The van der Waals surface area contributed by atoms with Crippen molar-refractivity contribution in [1.82, 2.24) is 0 Å². The van der Waals surface area contributed by atoms with Gasteiger partial charge in [0.25, 0.3) is 0 Å². The molecule has 0 saturated carbocycles. The zero-order chi connectivity index (χ0) is 13.7. The summed E-state index contributed by atoms with van der Waals surface area (Å²) in [7, 11) is 0. The molecule has 0 bridgehead atoms. The number of aryl methyl sites for hydroxylation is 1. The van der Waals surface area contributed by atoms with Gasteiger partial charge in [-0.2, -0.15) is 0 Å². The summed E-state index contributed by atoms with van der Waals surface area (Å²) in [5, 5.41) is 0.695. The Morgan fingerprint density at radius 1 is 1.47 bits per heavy atom. The maximum atomic E-state index is 11.9. The second kappa shape index (κ2) is 7.04. The van der Waals surface area contributed by atoms with Crippen LogP contribution < -0.4 is 0 Å². The minimum Gasteiger partial charge on any atom is -0.353 e. The van der Waals surface area contributed by atoms with E-state index in [4.69, 9.17) is 21.1 Å². The van der Waals surface area contributed by atoms with E-state index in [0.29, 0.717) is 11.4 Å². The molecule has 1 atom stereocenters. The van der Waals surface area contributed by atoms with Gasteiger partial charge in [0, 0.05) is 18.1 Å². The van der Waals surface area contributed by atoms with Crippen LogP contribution in [0.15, 0.2) is 18.2 Å². The molecule has 19 heavy (non-hydrogen) atoms. The van der Waals surface area contributed by atoms with Crippen LogP contribution in [-0.4, -0.2) is 25.3 Å². The number of hydrogen-bond donors (Lipinski definition) is 0. The molecule has 3 nitrogen and oxygen atoms in total. The van der Waals surface area contributed by atoms with Gasteiger partial charge < -0.3 is 9.47 Å². The van der Waals surface area contributed by atoms with Gasteiger partial charge in [-0.25, -0.2) is 0 Å². The van der Waals surface area contributed by atoms with E-state index >= 15 is 0 Å². The van der Waals surface area contributed by atoms with Gasteiger partial charge in [-0.15, -0.1) is 0 Å². The van der Waals surface area contributed by atoms with Crippen molar-refractivity contribution in [1.29, 1.82) is 0 Å². The first-order chi connectivity index (χ1) is 9.15. The lowest BCUT2D eigenvalue weighted by molar-refractivity contribution is -0.168. The summed E-state index contributed by atoms with van der Waals surface area (Å²) in [5.41, 5.74) is 2.04. The van der Waals surface area contributed by atoms with Crippen LogP contribution in [0, 0.1) is 6.92 Å². The fourth-order valence-corrected chi connectivity index (χ4v) is 2.38. The van der Waals surface area contributed by atoms with Crippen molar-refractivity contribution >= 4 is 17.4 Å².